The van der Waals surface area contributed by atoms with Gasteiger partial charge in [-0.2, -0.15) is 13.1 Å². The Balaban J connectivity index is 2.79. The van der Waals surface area contributed by atoms with E-state index in [2.05, 4.69) is 4.72 Å². The summed E-state index contributed by atoms with van der Waals surface area (Å²) >= 11 is 0. The molecule has 5 nitrogen and oxygen atoms in total. The summed E-state index contributed by atoms with van der Waals surface area (Å²) in [4.78, 5) is 0. The van der Waals surface area contributed by atoms with Gasteiger partial charge < -0.3 is 4.74 Å². The fourth-order valence-electron chi connectivity index (χ4n) is 1.16. The molecule has 6 heteroatoms. The zero-order valence-electron chi connectivity index (χ0n) is 8.65. The summed E-state index contributed by atoms with van der Waals surface area (Å²) < 4.78 is 28.6. The monoisotopic (exact) mass is 230 g/mol. The molecule has 1 aromatic rings. The van der Waals surface area contributed by atoms with Crippen molar-refractivity contribution >= 4 is 10.2 Å². The van der Waals surface area contributed by atoms with Crippen LogP contribution in [0.3, 0.4) is 0 Å². The number of ether oxygens (including phenoxy) is 1. The molecule has 0 aliphatic rings. The van der Waals surface area contributed by atoms with E-state index in [0.717, 1.165) is 16.9 Å². The van der Waals surface area contributed by atoms with Crippen LogP contribution in [0.4, 0.5) is 0 Å². The van der Waals surface area contributed by atoms with Crippen LogP contribution in [0, 0.1) is 6.92 Å². The van der Waals surface area contributed by atoms with Crippen molar-refractivity contribution < 1.29 is 13.2 Å². The van der Waals surface area contributed by atoms with Gasteiger partial charge in [0, 0.05) is 6.54 Å². The van der Waals surface area contributed by atoms with E-state index < -0.39 is 10.2 Å². The topological polar surface area (TPSA) is 81.4 Å². The molecule has 3 N–H and O–H groups in total. The van der Waals surface area contributed by atoms with E-state index >= 15 is 0 Å². The quantitative estimate of drug-likeness (QED) is 0.780. The SMILES string of the molecule is COc1cc(CNS(N)(=O)=O)ccc1C. The number of benzene rings is 1. The highest BCUT2D eigenvalue weighted by molar-refractivity contribution is 7.87. The number of aryl methyl sites for hydroxylation is 1. The zero-order chi connectivity index (χ0) is 11.5. The van der Waals surface area contributed by atoms with Crippen molar-refractivity contribution in [2.24, 2.45) is 5.14 Å². The minimum Gasteiger partial charge on any atom is -0.496 e. The van der Waals surface area contributed by atoms with Crippen molar-refractivity contribution in [3.63, 3.8) is 0 Å². The predicted octanol–water partition coefficient (Wildman–Crippen LogP) is 0.297. The summed E-state index contributed by atoms with van der Waals surface area (Å²) in [5, 5.41) is 4.81. The number of nitrogens with one attached hydrogen (secondary N) is 1. The third-order valence-corrected chi connectivity index (χ3v) is 2.50. The lowest BCUT2D eigenvalue weighted by atomic mass is 10.1. The van der Waals surface area contributed by atoms with Crippen molar-refractivity contribution in [1.82, 2.24) is 4.72 Å². The molecule has 15 heavy (non-hydrogen) atoms. The Kier molecular flexibility index (Phi) is 3.67. The van der Waals surface area contributed by atoms with E-state index in [1.54, 1.807) is 13.2 Å². The van der Waals surface area contributed by atoms with Gasteiger partial charge in [-0.25, -0.2) is 5.14 Å². The summed E-state index contributed by atoms with van der Waals surface area (Å²) in [5.74, 6) is 0.726. The van der Waals surface area contributed by atoms with E-state index in [0.29, 0.717) is 0 Å². The van der Waals surface area contributed by atoms with E-state index in [-0.39, 0.29) is 6.54 Å². The maximum absolute atomic E-state index is 10.7. The molecule has 0 spiro atoms. The Morgan fingerprint density at radius 2 is 2.13 bits per heavy atom. The first kappa shape index (κ1) is 12.0. The van der Waals surface area contributed by atoms with Crippen LogP contribution in [-0.4, -0.2) is 15.5 Å². The largest absolute Gasteiger partial charge is 0.496 e. The molecule has 84 valence electrons. The Morgan fingerprint density at radius 3 is 2.67 bits per heavy atom. The van der Waals surface area contributed by atoms with Gasteiger partial charge in [-0.05, 0) is 24.1 Å². The van der Waals surface area contributed by atoms with Gasteiger partial charge in [0.15, 0.2) is 0 Å². The highest BCUT2D eigenvalue weighted by atomic mass is 32.2. The number of nitrogens with two attached hydrogens (primary N) is 1. The third kappa shape index (κ3) is 3.86. The molecule has 0 saturated heterocycles. The van der Waals surface area contributed by atoms with E-state index in [9.17, 15) is 8.42 Å². The van der Waals surface area contributed by atoms with Crippen LogP contribution in [0.25, 0.3) is 0 Å². The maximum atomic E-state index is 10.7. The van der Waals surface area contributed by atoms with Gasteiger partial charge in [-0.15, -0.1) is 0 Å². The van der Waals surface area contributed by atoms with Crippen molar-refractivity contribution in [3.05, 3.63) is 29.3 Å². The Labute approximate surface area is 89.4 Å². The summed E-state index contributed by atoms with van der Waals surface area (Å²) in [6.45, 7) is 2.07. The molecular weight excluding hydrogens is 216 g/mol. The predicted molar refractivity (Wildman–Crippen MR) is 57.7 cm³/mol. The van der Waals surface area contributed by atoms with Crippen molar-refractivity contribution in [1.29, 1.82) is 0 Å². The Hall–Kier alpha value is -1.11. The minimum absolute atomic E-state index is 0.162. The van der Waals surface area contributed by atoms with Crippen LogP contribution in [0.15, 0.2) is 18.2 Å². The highest BCUT2D eigenvalue weighted by Crippen LogP contribution is 2.18. The molecule has 0 atom stereocenters. The molecule has 1 aromatic carbocycles. The molecular formula is C9H14N2O3S. The lowest BCUT2D eigenvalue weighted by Crippen LogP contribution is -2.30. The van der Waals surface area contributed by atoms with Crippen LogP contribution in [0.1, 0.15) is 11.1 Å². The molecule has 0 fully saturated rings. The van der Waals surface area contributed by atoms with E-state index in [1.807, 2.05) is 19.1 Å². The number of hydrogen-bond donors (Lipinski definition) is 2. The van der Waals surface area contributed by atoms with Crippen LogP contribution in [0.5, 0.6) is 5.75 Å². The van der Waals surface area contributed by atoms with Gasteiger partial charge in [0.2, 0.25) is 0 Å². The third-order valence-electron chi connectivity index (χ3n) is 1.95. The van der Waals surface area contributed by atoms with Crippen LogP contribution < -0.4 is 14.6 Å². The van der Waals surface area contributed by atoms with Crippen LogP contribution in [-0.2, 0) is 16.8 Å². The molecule has 0 aliphatic carbocycles. The first-order valence-corrected chi connectivity index (χ1v) is 5.88. The Bertz CT molecular complexity index is 443. The second-order valence-corrected chi connectivity index (χ2v) is 4.55. The average Bonchev–Trinajstić information content (AvgIpc) is 2.15. The van der Waals surface area contributed by atoms with Crippen LogP contribution in [0.2, 0.25) is 0 Å². The molecule has 0 aliphatic heterocycles. The summed E-state index contributed by atoms with van der Waals surface area (Å²) in [6, 6.07) is 5.45. The maximum Gasteiger partial charge on any atom is 0.274 e. The fourth-order valence-corrected chi connectivity index (χ4v) is 1.53. The second-order valence-electron chi connectivity index (χ2n) is 3.17. The van der Waals surface area contributed by atoms with Gasteiger partial charge in [0.1, 0.15) is 5.75 Å². The molecule has 0 saturated carbocycles. The molecule has 0 unspecified atom stereocenters. The molecule has 0 bridgehead atoms. The summed E-state index contributed by atoms with van der Waals surface area (Å²) in [7, 11) is -2.07. The number of rotatable bonds is 4. The normalized spacial score (nSPS) is 11.4. The van der Waals surface area contributed by atoms with Crippen molar-refractivity contribution in [2.75, 3.05) is 7.11 Å². The first-order valence-electron chi connectivity index (χ1n) is 4.33. The molecule has 1 rings (SSSR count). The summed E-state index contributed by atoms with van der Waals surface area (Å²) in [6.07, 6.45) is 0. The summed E-state index contributed by atoms with van der Waals surface area (Å²) in [5.41, 5.74) is 1.79. The molecule has 0 amide bonds. The average molecular weight is 230 g/mol. The Morgan fingerprint density at radius 1 is 1.47 bits per heavy atom. The van der Waals surface area contributed by atoms with Gasteiger partial charge in [-0.3, -0.25) is 0 Å². The highest BCUT2D eigenvalue weighted by Gasteiger charge is 2.03. The van der Waals surface area contributed by atoms with Gasteiger partial charge in [0.25, 0.3) is 10.2 Å². The smallest absolute Gasteiger partial charge is 0.274 e. The van der Waals surface area contributed by atoms with Gasteiger partial charge in [0.05, 0.1) is 7.11 Å². The lowest BCUT2D eigenvalue weighted by molar-refractivity contribution is 0.411. The zero-order valence-corrected chi connectivity index (χ0v) is 9.47. The second kappa shape index (κ2) is 4.61. The van der Waals surface area contributed by atoms with E-state index in [1.165, 1.54) is 0 Å². The van der Waals surface area contributed by atoms with Crippen LogP contribution >= 0.6 is 0 Å². The van der Waals surface area contributed by atoms with Gasteiger partial charge in [-0.1, -0.05) is 12.1 Å². The molecule has 0 radical (unpaired) electrons. The standard InChI is InChI=1S/C9H14N2O3S/c1-7-3-4-8(5-9(7)14-2)6-11-15(10,12)13/h3-5,11H,6H2,1-2H3,(H2,10,12,13). The van der Waals surface area contributed by atoms with E-state index in [4.69, 9.17) is 9.88 Å². The van der Waals surface area contributed by atoms with Crippen molar-refractivity contribution in [2.45, 2.75) is 13.5 Å². The minimum atomic E-state index is -3.64. The first-order chi connectivity index (χ1) is 6.92. The number of methoxy groups -OCH3 is 1. The molecule has 0 aromatic heterocycles. The number of hydrogen-bond acceptors (Lipinski definition) is 3. The van der Waals surface area contributed by atoms with Crippen molar-refractivity contribution in [3.8, 4) is 5.75 Å². The van der Waals surface area contributed by atoms with Gasteiger partial charge >= 0.3 is 0 Å². The lowest BCUT2D eigenvalue weighted by Gasteiger charge is -2.07. The fraction of sp³-hybridized carbons (Fsp3) is 0.333. The molecule has 0 heterocycles.